The highest BCUT2D eigenvalue weighted by atomic mass is 16.2. The van der Waals surface area contributed by atoms with Crippen LogP contribution in [0.4, 0.5) is 0 Å². The third-order valence-corrected chi connectivity index (χ3v) is 3.84. The van der Waals surface area contributed by atoms with E-state index in [0.717, 1.165) is 16.7 Å². The molecule has 0 saturated heterocycles. The van der Waals surface area contributed by atoms with Gasteiger partial charge in [0.1, 0.15) is 0 Å². The fourth-order valence-electron chi connectivity index (χ4n) is 2.91. The maximum absolute atomic E-state index is 11.5. The Morgan fingerprint density at radius 2 is 2.12 bits per heavy atom. The third kappa shape index (κ3) is 1.29. The summed E-state index contributed by atoms with van der Waals surface area (Å²) >= 11 is 0. The van der Waals surface area contributed by atoms with Crippen molar-refractivity contribution in [2.45, 2.75) is 18.8 Å². The van der Waals surface area contributed by atoms with E-state index in [-0.39, 0.29) is 11.2 Å². The number of nitrogens with zero attached hydrogens (tertiary/aromatic N) is 1. The molecule has 2 aliphatic carbocycles. The fourth-order valence-corrected chi connectivity index (χ4v) is 2.91. The van der Waals surface area contributed by atoms with Crippen LogP contribution in [0.5, 0.6) is 0 Å². The molecule has 84 valence electrons. The molecule has 0 aromatic carbocycles. The zero-order valence-electron chi connectivity index (χ0n) is 9.14. The molecule has 0 radical (unpaired) electrons. The van der Waals surface area contributed by atoms with Gasteiger partial charge in [0.2, 0.25) is 0 Å². The second kappa shape index (κ2) is 3.20. The van der Waals surface area contributed by atoms with E-state index in [1.54, 1.807) is 6.07 Å². The molecule has 1 aromatic heterocycles. The Morgan fingerprint density at radius 3 is 2.69 bits per heavy atom. The predicted molar refractivity (Wildman–Crippen MR) is 60.4 cm³/mol. The normalized spacial score (nSPS) is 31.2. The minimum absolute atomic E-state index is 0.217. The van der Waals surface area contributed by atoms with Gasteiger partial charge in [-0.25, -0.2) is 4.79 Å². The number of hydrogen-bond donors (Lipinski definition) is 1. The van der Waals surface area contributed by atoms with Crippen molar-refractivity contribution < 1.29 is 0 Å². The minimum atomic E-state index is -0.311. The molecule has 16 heavy (non-hydrogen) atoms. The molecule has 1 heterocycles. The van der Waals surface area contributed by atoms with Crippen LogP contribution in [0, 0.1) is 11.8 Å². The van der Waals surface area contributed by atoms with Crippen molar-refractivity contribution in [2.75, 3.05) is 0 Å². The molecule has 1 N–H and O–H groups in total. The summed E-state index contributed by atoms with van der Waals surface area (Å²) in [5.74, 6) is 1.48. The standard InChI is InChI=1S/C12H14N2O2/c1-14-11(15)6-10(13-12(14)16)9-5-7-2-3-8(9)4-7/h2-3,6-9H,4-5H2,1H3,(H,13,16)/t7-,8-,9+/m0/s1. The molecule has 0 spiro atoms. The van der Waals surface area contributed by atoms with Crippen molar-refractivity contribution in [2.24, 2.45) is 18.9 Å². The van der Waals surface area contributed by atoms with E-state index in [2.05, 4.69) is 17.1 Å². The van der Waals surface area contributed by atoms with E-state index in [1.165, 1.54) is 13.5 Å². The summed E-state index contributed by atoms with van der Waals surface area (Å²) in [4.78, 5) is 25.9. The van der Waals surface area contributed by atoms with Gasteiger partial charge in [0, 0.05) is 24.7 Å². The first kappa shape index (κ1) is 9.63. The lowest BCUT2D eigenvalue weighted by atomic mass is 9.90. The number of rotatable bonds is 1. The first-order valence-electron chi connectivity index (χ1n) is 5.64. The van der Waals surface area contributed by atoms with E-state index in [4.69, 9.17) is 0 Å². The van der Waals surface area contributed by atoms with Crippen molar-refractivity contribution >= 4 is 0 Å². The van der Waals surface area contributed by atoms with Gasteiger partial charge >= 0.3 is 5.69 Å². The molecule has 1 saturated carbocycles. The second-order valence-electron chi connectivity index (χ2n) is 4.81. The molecule has 0 amide bonds. The van der Waals surface area contributed by atoms with Crippen LogP contribution >= 0.6 is 0 Å². The number of H-pyrrole nitrogens is 1. The zero-order chi connectivity index (χ0) is 11.3. The summed E-state index contributed by atoms with van der Waals surface area (Å²) in [5, 5.41) is 0. The summed E-state index contributed by atoms with van der Waals surface area (Å²) in [5.41, 5.74) is 0.282. The van der Waals surface area contributed by atoms with E-state index in [1.807, 2.05) is 0 Å². The van der Waals surface area contributed by atoms with Crippen LogP contribution in [0.1, 0.15) is 24.5 Å². The Balaban J connectivity index is 2.05. The first-order valence-corrected chi connectivity index (χ1v) is 5.64. The van der Waals surface area contributed by atoms with Gasteiger partial charge < -0.3 is 4.98 Å². The van der Waals surface area contributed by atoms with Gasteiger partial charge in [-0.1, -0.05) is 12.2 Å². The Hall–Kier alpha value is -1.58. The van der Waals surface area contributed by atoms with E-state index in [0.29, 0.717) is 17.8 Å². The van der Waals surface area contributed by atoms with Crippen molar-refractivity contribution in [3.05, 3.63) is 44.8 Å². The highest BCUT2D eigenvalue weighted by molar-refractivity contribution is 5.21. The Morgan fingerprint density at radius 1 is 1.31 bits per heavy atom. The average molecular weight is 218 g/mol. The summed E-state index contributed by atoms with van der Waals surface area (Å²) in [6.45, 7) is 0. The monoisotopic (exact) mass is 218 g/mol. The van der Waals surface area contributed by atoms with Crippen LogP contribution in [0.2, 0.25) is 0 Å². The summed E-state index contributed by atoms with van der Waals surface area (Å²) < 4.78 is 1.10. The van der Waals surface area contributed by atoms with Crippen LogP contribution in [0.3, 0.4) is 0 Å². The number of aromatic nitrogens is 2. The molecule has 1 aromatic rings. The topological polar surface area (TPSA) is 54.9 Å². The number of aromatic amines is 1. The SMILES string of the molecule is Cn1c(=O)cc([C@@H]2C[C@H]3C=C[C@H]2C3)[nH]c1=O. The van der Waals surface area contributed by atoms with Crippen LogP contribution in [-0.4, -0.2) is 9.55 Å². The second-order valence-corrected chi connectivity index (χ2v) is 4.81. The molecule has 3 rings (SSSR count). The van der Waals surface area contributed by atoms with Crippen molar-refractivity contribution in [1.82, 2.24) is 9.55 Å². The smallest absolute Gasteiger partial charge is 0.311 e. The molecule has 0 unspecified atom stereocenters. The van der Waals surface area contributed by atoms with Crippen LogP contribution in [0.25, 0.3) is 0 Å². The zero-order valence-corrected chi connectivity index (χ0v) is 9.14. The maximum Gasteiger partial charge on any atom is 0.328 e. The Kier molecular flexibility index (Phi) is 1.93. The molecular weight excluding hydrogens is 204 g/mol. The lowest BCUT2D eigenvalue weighted by Crippen LogP contribution is -2.33. The highest BCUT2D eigenvalue weighted by Crippen LogP contribution is 2.47. The van der Waals surface area contributed by atoms with Gasteiger partial charge in [0.05, 0.1) is 0 Å². The summed E-state index contributed by atoms with van der Waals surface area (Å²) in [7, 11) is 1.49. The van der Waals surface area contributed by atoms with E-state index in [9.17, 15) is 9.59 Å². The quantitative estimate of drug-likeness (QED) is 0.707. The van der Waals surface area contributed by atoms with Gasteiger partial charge in [-0.05, 0) is 24.7 Å². The Labute approximate surface area is 92.6 Å². The van der Waals surface area contributed by atoms with Crippen molar-refractivity contribution in [3.63, 3.8) is 0 Å². The number of nitrogens with one attached hydrogen (secondary N) is 1. The van der Waals surface area contributed by atoms with Crippen molar-refractivity contribution in [3.8, 4) is 0 Å². The van der Waals surface area contributed by atoms with Crippen LogP contribution < -0.4 is 11.2 Å². The van der Waals surface area contributed by atoms with Gasteiger partial charge in [-0.15, -0.1) is 0 Å². The van der Waals surface area contributed by atoms with Crippen LogP contribution in [-0.2, 0) is 7.05 Å². The number of hydrogen-bond acceptors (Lipinski definition) is 2. The summed E-state index contributed by atoms with van der Waals surface area (Å²) in [6.07, 6.45) is 6.70. The van der Waals surface area contributed by atoms with E-state index >= 15 is 0 Å². The summed E-state index contributed by atoms with van der Waals surface area (Å²) in [6, 6.07) is 1.57. The molecule has 0 aliphatic heterocycles. The predicted octanol–water partition coefficient (Wildman–Crippen LogP) is 0.753. The highest BCUT2D eigenvalue weighted by Gasteiger charge is 2.37. The van der Waals surface area contributed by atoms with Gasteiger partial charge in [0.15, 0.2) is 0 Å². The maximum atomic E-state index is 11.5. The lowest BCUT2D eigenvalue weighted by Gasteiger charge is -2.17. The molecule has 4 nitrogen and oxygen atoms in total. The van der Waals surface area contributed by atoms with Gasteiger partial charge in [-0.2, -0.15) is 0 Å². The minimum Gasteiger partial charge on any atom is -0.311 e. The third-order valence-electron chi connectivity index (χ3n) is 3.84. The van der Waals surface area contributed by atoms with Gasteiger partial charge in [-0.3, -0.25) is 9.36 Å². The molecule has 1 fully saturated rings. The Bertz CT molecular complexity index is 536. The number of fused-ring (bicyclic) bond motifs is 2. The van der Waals surface area contributed by atoms with Crippen molar-refractivity contribution in [1.29, 1.82) is 0 Å². The average Bonchev–Trinajstić information content (AvgIpc) is 2.86. The number of allylic oxidation sites excluding steroid dienone is 2. The fraction of sp³-hybridized carbons (Fsp3) is 0.500. The molecule has 4 heteroatoms. The van der Waals surface area contributed by atoms with Gasteiger partial charge in [0.25, 0.3) is 5.56 Å². The largest absolute Gasteiger partial charge is 0.328 e. The first-order chi connectivity index (χ1) is 7.65. The van der Waals surface area contributed by atoms with E-state index < -0.39 is 0 Å². The lowest BCUT2D eigenvalue weighted by molar-refractivity contribution is 0.559. The van der Waals surface area contributed by atoms with Crippen LogP contribution in [0.15, 0.2) is 27.8 Å². The molecule has 2 bridgehead atoms. The molecular formula is C12H14N2O2. The molecule has 2 aliphatic rings. The molecule has 3 atom stereocenters.